The van der Waals surface area contributed by atoms with E-state index < -0.39 is 5.91 Å². The van der Waals surface area contributed by atoms with E-state index in [1.807, 2.05) is 67.6 Å². The Hall–Kier alpha value is -4.06. The van der Waals surface area contributed by atoms with Gasteiger partial charge in [0.1, 0.15) is 17.1 Å². The smallest absolute Gasteiger partial charge is 0.282 e. The molecular weight excluding hydrogens is 404 g/mol. The first-order valence-corrected chi connectivity index (χ1v) is 10.4. The number of hydrogen-bond donors (Lipinski definition) is 1. The van der Waals surface area contributed by atoms with Crippen LogP contribution >= 0.6 is 0 Å². The lowest BCUT2D eigenvalue weighted by molar-refractivity contribution is -0.117. The molecule has 1 N–H and O–H groups in total. The molecule has 1 aliphatic rings. The second-order valence-electron chi connectivity index (χ2n) is 7.41. The number of carbonyl (C=O) groups excluding carboxylic acids is 2. The van der Waals surface area contributed by atoms with Crippen LogP contribution in [0.3, 0.4) is 0 Å². The van der Waals surface area contributed by atoms with Crippen LogP contribution in [0.2, 0.25) is 0 Å². The van der Waals surface area contributed by atoms with E-state index in [9.17, 15) is 9.59 Å². The number of para-hydroxylation sites is 1. The second kappa shape index (κ2) is 9.83. The molecule has 1 aliphatic heterocycles. The highest BCUT2D eigenvalue weighted by Crippen LogP contribution is 2.22. The number of aryl methyl sites for hydroxylation is 1. The highest BCUT2D eigenvalue weighted by Gasteiger charge is 2.34. The minimum atomic E-state index is -0.432. The molecule has 32 heavy (non-hydrogen) atoms. The van der Waals surface area contributed by atoms with Gasteiger partial charge in [-0.2, -0.15) is 0 Å². The van der Waals surface area contributed by atoms with Gasteiger partial charge in [-0.25, -0.2) is 5.01 Å². The van der Waals surface area contributed by atoms with E-state index >= 15 is 0 Å². The molecule has 4 rings (SSSR count). The number of benzene rings is 3. The van der Waals surface area contributed by atoms with Crippen molar-refractivity contribution in [1.29, 1.82) is 0 Å². The Balaban J connectivity index is 1.33. The summed E-state index contributed by atoms with van der Waals surface area (Å²) in [7, 11) is 0. The molecule has 0 bridgehead atoms. The fraction of sp³-hybridized carbons (Fsp3) is 0.154. The number of carbonyl (C=O) groups is 2. The van der Waals surface area contributed by atoms with Gasteiger partial charge >= 0.3 is 0 Å². The van der Waals surface area contributed by atoms with Gasteiger partial charge in [-0.05, 0) is 55.0 Å². The maximum atomic E-state index is 12.7. The molecule has 6 nitrogen and oxygen atoms in total. The predicted molar refractivity (Wildman–Crippen MR) is 123 cm³/mol. The highest BCUT2D eigenvalue weighted by molar-refractivity contribution is 6.31. The largest absolute Gasteiger partial charge is 0.493 e. The molecule has 162 valence electrons. The summed E-state index contributed by atoms with van der Waals surface area (Å²) in [5, 5.41) is 1.25. The molecule has 0 radical (unpaired) electrons. The van der Waals surface area contributed by atoms with E-state index in [1.165, 1.54) is 10.6 Å². The van der Waals surface area contributed by atoms with E-state index in [4.69, 9.17) is 9.47 Å². The van der Waals surface area contributed by atoms with Crippen LogP contribution in [0.15, 0.2) is 84.4 Å². The summed E-state index contributed by atoms with van der Waals surface area (Å²) in [6.07, 6.45) is 2.31. The van der Waals surface area contributed by atoms with Crippen molar-refractivity contribution < 1.29 is 19.1 Å². The number of hydrazine groups is 1. The first-order valence-electron chi connectivity index (χ1n) is 10.4. The quantitative estimate of drug-likeness (QED) is 0.330. The minimum absolute atomic E-state index is 0.0810. The second-order valence-corrected chi connectivity index (χ2v) is 7.41. The number of ether oxygens (including phenoxy) is 2. The number of amides is 2. The highest BCUT2D eigenvalue weighted by atomic mass is 16.5. The van der Waals surface area contributed by atoms with Gasteiger partial charge in [-0.15, -0.1) is 0 Å². The van der Waals surface area contributed by atoms with E-state index in [2.05, 4.69) is 5.43 Å². The average molecular weight is 428 g/mol. The number of nitrogens with one attached hydrogen (secondary N) is 1. The Morgan fingerprint density at radius 3 is 2.31 bits per heavy atom. The molecule has 0 aromatic heterocycles. The summed E-state index contributed by atoms with van der Waals surface area (Å²) >= 11 is 0. The SMILES string of the molecule is Cc1ccc(OCCCOc2cccc(/C=C3\C(=O)NN(c4ccccc4)C3=O)c2)cc1. The van der Waals surface area contributed by atoms with Gasteiger partial charge in [0.15, 0.2) is 0 Å². The maximum Gasteiger partial charge on any atom is 0.282 e. The van der Waals surface area contributed by atoms with Crippen molar-refractivity contribution >= 4 is 23.6 Å². The molecule has 0 aliphatic carbocycles. The number of hydrogen-bond acceptors (Lipinski definition) is 4. The van der Waals surface area contributed by atoms with E-state index in [0.29, 0.717) is 30.2 Å². The number of anilines is 1. The van der Waals surface area contributed by atoms with Crippen LogP contribution < -0.4 is 19.9 Å². The van der Waals surface area contributed by atoms with Crippen LogP contribution in [0.4, 0.5) is 5.69 Å². The van der Waals surface area contributed by atoms with E-state index in [0.717, 1.165) is 12.2 Å². The Kier molecular flexibility index (Phi) is 6.51. The van der Waals surface area contributed by atoms with Crippen molar-refractivity contribution in [3.05, 3.63) is 95.6 Å². The van der Waals surface area contributed by atoms with Crippen molar-refractivity contribution in [2.24, 2.45) is 0 Å². The molecule has 0 saturated carbocycles. The van der Waals surface area contributed by atoms with Crippen LogP contribution in [0.25, 0.3) is 6.08 Å². The molecule has 3 aromatic rings. The molecule has 0 atom stereocenters. The van der Waals surface area contributed by atoms with Crippen LogP contribution in [-0.2, 0) is 9.59 Å². The Morgan fingerprint density at radius 1 is 0.844 bits per heavy atom. The lowest BCUT2D eigenvalue weighted by Gasteiger charge is -2.13. The van der Waals surface area contributed by atoms with Gasteiger partial charge in [0.25, 0.3) is 11.8 Å². The summed E-state index contributed by atoms with van der Waals surface area (Å²) in [5.74, 6) is 0.688. The van der Waals surface area contributed by atoms with Gasteiger partial charge in [0.05, 0.1) is 18.9 Å². The zero-order valence-electron chi connectivity index (χ0n) is 17.8. The molecule has 1 heterocycles. The first-order chi connectivity index (χ1) is 15.6. The third kappa shape index (κ3) is 5.16. The predicted octanol–water partition coefficient (Wildman–Crippen LogP) is 4.30. The number of nitrogens with zero attached hydrogens (tertiary/aromatic N) is 1. The van der Waals surface area contributed by atoms with Gasteiger partial charge in [0.2, 0.25) is 0 Å². The van der Waals surface area contributed by atoms with Gasteiger partial charge < -0.3 is 9.47 Å². The normalized spacial score (nSPS) is 14.5. The fourth-order valence-corrected chi connectivity index (χ4v) is 3.25. The third-order valence-electron chi connectivity index (χ3n) is 4.92. The summed E-state index contributed by atoms with van der Waals surface area (Å²) in [4.78, 5) is 25.1. The minimum Gasteiger partial charge on any atom is -0.493 e. The van der Waals surface area contributed by atoms with Crippen LogP contribution in [0, 0.1) is 6.92 Å². The lowest BCUT2D eigenvalue weighted by Crippen LogP contribution is -2.35. The Morgan fingerprint density at radius 2 is 1.56 bits per heavy atom. The number of rotatable bonds is 8. The summed E-state index contributed by atoms with van der Waals surface area (Å²) in [6.45, 7) is 3.08. The monoisotopic (exact) mass is 428 g/mol. The van der Waals surface area contributed by atoms with E-state index in [-0.39, 0.29) is 11.5 Å². The van der Waals surface area contributed by atoms with Crippen molar-refractivity contribution in [2.45, 2.75) is 13.3 Å². The molecule has 0 spiro atoms. The maximum absolute atomic E-state index is 12.7. The average Bonchev–Trinajstić information content (AvgIpc) is 3.09. The summed E-state index contributed by atoms with van der Waals surface area (Å²) < 4.78 is 11.5. The van der Waals surface area contributed by atoms with Crippen molar-refractivity contribution in [3.8, 4) is 11.5 Å². The molecule has 1 fully saturated rings. The zero-order valence-corrected chi connectivity index (χ0v) is 17.8. The summed E-state index contributed by atoms with van der Waals surface area (Å²) in [5.41, 5.74) is 5.20. The Labute approximate surface area is 187 Å². The topological polar surface area (TPSA) is 67.9 Å². The van der Waals surface area contributed by atoms with Crippen molar-refractivity contribution in [1.82, 2.24) is 5.43 Å². The van der Waals surface area contributed by atoms with Gasteiger partial charge in [-0.1, -0.05) is 48.0 Å². The molecular formula is C26H24N2O4. The van der Waals surface area contributed by atoms with Crippen LogP contribution in [0.1, 0.15) is 17.5 Å². The first kappa shape index (κ1) is 21.2. The summed E-state index contributed by atoms with van der Waals surface area (Å²) in [6, 6.07) is 24.2. The van der Waals surface area contributed by atoms with Gasteiger partial charge in [-0.3, -0.25) is 15.0 Å². The lowest BCUT2D eigenvalue weighted by atomic mass is 10.1. The molecule has 1 saturated heterocycles. The molecule has 6 heteroatoms. The van der Waals surface area contributed by atoms with E-state index in [1.54, 1.807) is 24.3 Å². The molecule has 3 aromatic carbocycles. The third-order valence-corrected chi connectivity index (χ3v) is 4.92. The fourth-order valence-electron chi connectivity index (χ4n) is 3.25. The Bertz CT molecular complexity index is 1120. The van der Waals surface area contributed by atoms with Crippen LogP contribution in [0.5, 0.6) is 11.5 Å². The molecule has 0 unspecified atom stereocenters. The standard InChI is InChI=1S/C26H24N2O4/c1-19-11-13-22(14-12-19)31-15-6-16-32-23-10-5-7-20(17-23)18-24-25(29)27-28(26(24)30)21-8-3-2-4-9-21/h2-5,7-14,17-18H,6,15-16H2,1H3,(H,27,29)/b24-18+. The zero-order chi connectivity index (χ0) is 22.3. The van der Waals surface area contributed by atoms with Gasteiger partial charge in [0, 0.05) is 6.42 Å². The van der Waals surface area contributed by atoms with Crippen molar-refractivity contribution in [3.63, 3.8) is 0 Å². The molecule has 2 amide bonds. The van der Waals surface area contributed by atoms with Crippen molar-refractivity contribution in [2.75, 3.05) is 18.2 Å². The van der Waals surface area contributed by atoms with Crippen LogP contribution in [-0.4, -0.2) is 25.0 Å².